The van der Waals surface area contributed by atoms with Crippen molar-refractivity contribution in [3.63, 3.8) is 0 Å². The summed E-state index contributed by atoms with van der Waals surface area (Å²) in [5.74, 6) is 0. The number of aldehydes is 1. The van der Waals surface area contributed by atoms with Gasteiger partial charge in [0.25, 0.3) is 0 Å². The molecule has 64 valence electrons. The molecule has 0 N–H and O–H groups in total. The Kier molecular flexibility index (Phi) is 2.62. The monoisotopic (exact) mass is 158 g/mol. The minimum absolute atomic E-state index is 0.362. The Labute approximate surface area is 67.5 Å². The highest BCUT2D eigenvalue weighted by molar-refractivity contribution is 5.50. The van der Waals surface area contributed by atoms with Gasteiger partial charge in [0.2, 0.25) is 0 Å². The molecule has 1 aliphatic rings. The zero-order valence-corrected chi connectivity index (χ0v) is 7.25. The molecule has 1 saturated heterocycles. The Balaban J connectivity index is 2.52. The van der Waals surface area contributed by atoms with Gasteiger partial charge >= 0.3 is 0 Å². The lowest BCUT2D eigenvalue weighted by molar-refractivity contribution is -0.922. The molecule has 1 fully saturated rings. The lowest BCUT2D eigenvalue weighted by atomic mass is 10.1. The highest BCUT2D eigenvalue weighted by Crippen LogP contribution is 2.14. The van der Waals surface area contributed by atoms with Crippen molar-refractivity contribution in [1.29, 1.82) is 0 Å². The van der Waals surface area contributed by atoms with Crippen LogP contribution in [0.4, 0.5) is 0 Å². The third kappa shape index (κ3) is 2.01. The summed E-state index contributed by atoms with van der Waals surface area (Å²) < 4.78 is 6.21. The Morgan fingerprint density at radius 3 is 2.91 bits per heavy atom. The van der Waals surface area contributed by atoms with Crippen molar-refractivity contribution in [3.05, 3.63) is 0 Å². The van der Waals surface area contributed by atoms with Crippen LogP contribution in [0.5, 0.6) is 0 Å². The van der Waals surface area contributed by atoms with Crippen molar-refractivity contribution >= 4 is 6.29 Å². The largest absolute Gasteiger partial charge is 0.369 e. The maximum atomic E-state index is 10.3. The number of likely N-dealkylation sites (N-methyl/N-ethyl adjacent to an activating group) is 1. The molecule has 1 unspecified atom stereocenters. The van der Waals surface area contributed by atoms with Crippen LogP contribution in [0.2, 0.25) is 0 Å². The molecule has 0 radical (unpaired) electrons. The molecular weight excluding hydrogens is 142 g/mol. The summed E-state index contributed by atoms with van der Waals surface area (Å²) in [6.45, 7) is 2.56. The van der Waals surface area contributed by atoms with Gasteiger partial charge in [0.1, 0.15) is 18.9 Å². The number of rotatable bonds is 2. The second kappa shape index (κ2) is 3.32. The third-order valence-electron chi connectivity index (χ3n) is 2.48. The average molecular weight is 158 g/mol. The smallest absolute Gasteiger partial charge is 0.126 e. The summed E-state index contributed by atoms with van der Waals surface area (Å²) in [7, 11) is 4.30. The van der Waals surface area contributed by atoms with Crippen LogP contribution in [0.1, 0.15) is 6.42 Å². The fourth-order valence-electron chi connectivity index (χ4n) is 1.37. The van der Waals surface area contributed by atoms with Crippen LogP contribution in [0.15, 0.2) is 0 Å². The van der Waals surface area contributed by atoms with Gasteiger partial charge in [-0.1, -0.05) is 0 Å². The van der Waals surface area contributed by atoms with Crippen LogP contribution >= 0.6 is 0 Å². The topological polar surface area (TPSA) is 26.3 Å². The maximum Gasteiger partial charge on any atom is 0.126 e. The first-order valence-corrected chi connectivity index (χ1v) is 4.01. The summed E-state index contributed by atoms with van der Waals surface area (Å²) in [6.07, 6.45) is 1.60. The highest BCUT2D eigenvalue weighted by Gasteiger charge is 2.31. The van der Waals surface area contributed by atoms with Gasteiger partial charge < -0.3 is 14.0 Å². The van der Waals surface area contributed by atoms with Crippen LogP contribution in [-0.2, 0) is 9.53 Å². The van der Waals surface area contributed by atoms with Gasteiger partial charge in [-0.3, -0.25) is 0 Å². The maximum absolute atomic E-state index is 10.3. The second-order valence-corrected chi connectivity index (χ2v) is 3.63. The minimum atomic E-state index is 0.362. The van der Waals surface area contributed by atoms with Crippen molar-refractivity contribution in [3.8, 4) is 0 Å². The molecule has 1 aliphatic heterocycles. The van der Waals surface area contributed by atoms with E-state index in [-0.39, 0.29) is 0 Å². The predicted octanol–water partition coefficient (Wildman–Crippen LogP) is 0.0506. The molecule has 0 aromatic carbocycles. The molecule has 1 rings (SSSR count). The first-order valence-electron chi connectivity index (χ1n) is 4.01. The number of carbonyl (C=O) groups is 1. The molecule has 0 bridgehead atoms. The Hall–Kier alpha value is -0.410. The van der Waals surface area contributed by atoms with Crippen LogP contribution in [0.3, 0.4) is 0 Å². The van der Waals surface area contributed by atoms with Gasteiger partial charge in [-0.25, -0.2) is 0 Å². The molecule has 1 heterocycles. The fourth-order valence-corrected chi connectivity index (χ4v) is 1.37. The van der Waals surface area contributed by atoms with E-state index in [1.165, 1.54) is 0 Å². The van der Waals surface area contributed by atoms with E-state index in [0.29, 0.717) is 12.5 Å². The average Bonchev–Trinajstić information content (AvgIpc) is 1.94. The van der Waals surface area contributed by atoms with Gasteiger partial charge in [-0.05, 0) is 0 Å². The summed E-state index contributed by atoms with van der Waals surface area (Å²) in [4.78, 5) is 10.3. The summed E-state index contributed by atoms with van der Waals surface area (Å²) in [6, 6.07) is 0.362. The van der Waals surface area contributed by atoms with Gasteiger partial charge in [-0.2, -0.15) is 0 Å². The van der Waals surface area contributed by atoms with E-state index in [9.17, 15) is 4.79 Å². The lowest BCUT2D eigenvalue weighted by Crippen LogP contribution is -2.56. The standard InChI is InChI=1S/C8H16NO2/c1-9(2)4-6-11-7-8(9)3-5-10/h5,8H,3-4,6-7H2,1-2H3/q+1. The van der Waals surface area contributed by atoms with Crippen molar-refractivity contribution in [2.75, 3.05) is 33.9 Å². The Morgan fingerprint density at radius 2 is 2.36 bits per heavy atom. The minimum Gasteiger partial charge on any atom is -0.369 e. The van der Waals surface area contributed by atoms with E-state index >= 15 is 0 Å². The fraction of sp³-hybridized carbons (Fsp3) is 0.875. The van der Waals surface area contributed by atoms with E-state index in [1.54, 1.807) is 0 Å². The summed E-state index contributed by atoms with van der Waals surface area (Å²) >= 11 is 0. The molecule has 1 atom stereocenters. The Morgan fingerprint density at radius 1 is 1.64 bits per heavy atom. The number of hydrogen-bond donors (Lipinski definition) is 0. The number of morpholine rings is 1. The molecule has 11 heavy (non-hydrogen) atoms. The molecular formula is C8H16NO2+. The molecule has 0 spiro atoms. The number of hydrogen-bond acceptors (Lipinski definition) is 2. The van der Waals surface area contributed by atoms with Crippen LogP contribution in [-0.4, -0.2) is 50.7 Å². The van der Waals surface area contributed by atoms with Crippen molar-refractivity contribution in [2.45, 2.75) is 12.5 Å². The van der Waals surface area contributed by atoms with Crippen molar-refractivity contribution in [1.82, 2.24) is 0 Å². The number of ether oxygens (including phenoxy) is 1. The zero-order valence-electron chi connectivity index (χ0n) is 7.25. The van der Waals surface area contributed by atoms with E-state index in [4.69, 9.17) is 4.74 Å². The normalized spacial score (nSPS) is 29.8. The lowest BCUT2D eigenvalue weighted by Gasteiger charge is -2.40. The molecule has 3 nitrogen and oxygen atoms in total. The van der Waals surface area contributed by atoms with Gasteiger partial charge in [0.05, 0.1) is 33.7 Å². The van der Waals surface area contributed by atoms with Crippen molar-refractivity contribution in [2.24, 2.45) is 0 Å². The van der Waals surface area contributed by atoms with Gasteiger partial charge in [0, 0.05) is 0 Å². The Bertz CT molecular complexity index is 145. The van der Waals surface area contributed by atoms with Crippen molar-refractivity contribution < 1.29 is 14.0 Å². The van der Waals surface area contributed by atoms with E-state index in [2.05, 4.69) is 14.1 Å². The first kappa shape index (κ1) is 8.68. The van der Waals surface area contributed by atoms with E-state index in [0.717, 1.165) is 30.5 Å². The highest BCUT2D eigenvalue weighted by atomic mass is 16.5. The van der Waals surface area contributed by atoms with Gasteiger partial charge in [-0.15, -0.1) is 0 Å². The molecule has 0 aliphatic carbocycles. The number of nitrogens with zero attached hydrogens (tertiary/aromatic N) is 1. The van der Waals surface area contributed by atoms with Crippen LogP contribution in [0.25, 0.3) is 0 Å². The number of quaternary nitrogens is 1. The molecule has 0 aromatic heterocycles. The SMILES string of the molecule is C[N+]1(C)CCOCC1CC=O. The summed E-state index contributed by atoms with van der Waals surface area (Å²) in [5, 5.41) is 0. The second-order valence-electron chi connectivity index (χ2n) is 3.63. The first-order chi connectivity index (χ1) is 5.17. The molecule has 0 amide bonds. The predicted molar refractivity (Wildman–Crippen MR) is 42.3 cm³/mol. The molecule has 3 heteroatoms. The van der Waals surface area contributed by atoms with E-state index in [1.807, 2.05) is 0 Å². The van der Waals surface area contributed by atoms with Crippen LogP contribution < -0.4 is 0 Å². The molecule has 0 saturated carbocycles. The zero-order chi connectivity index (χ0) is 8.32. The quantitative estimate of drug-likeness (QED) is 0.419. The van der Waals surface area contributed by atoms with Gasteiger partial charge in [0.15, 0.2) is 0 Å². The summed E-state index contributed by atoms with van der Waals surface area (Å²) in [5.41, 5.74) is 0. The van der Waals surface area contributed by atoms with Crippen LogP contribution in [0, 0.1) is 0 Å². The third-order valence-corrected chi connectivity index (χ3v) is 2.48. The number of carbonyl (C=O) groups excluding carboxylic acids is 1. The van der Waals surface area contributed by atoms with E-state index < -0.39 is 0 Å². The molecule has 0 aromatic rings.